The van der Waals surface area contributed by atoms with Gasteiger partial charge in [0.2, 0.25) is 11.7 Å². The Balaban J connectivity index is 1.58. The molecule has 1 aromatic carbocycles. The molecule has 1 N–H and O–H groups in total. The molecule has 0 spiro atoms. The average molecular weight is 481 g/mol. The van der Waals surface area contributed by atoms with Crippen LogP contribution in [0, 0.1) is 0 Å². The minimum absolute atomic E-state index is 0.0374. The number of hydrogen-bond acceptors (Lipinski definition) is 9. The fourth-order valence-electron chi connectivity index (χ4n) is 3.58. The molecule has 0 bridgehead atoms. The number of nitrogens with one attached hydrogen (secondary N) is 1. The lowest BCUT2D eigenvalue weighted by molar-refractivity contribution is 0.0522. The van der Waals surface area contributed by atoms with Crippen molar-refractivity contribution >= 4 is 40.7 Å². The first-order chi connectivity index (χ1) is 16.4. The van der Waals surface area contributed by atoms with Gasteiger partial charge in [0, 0.05) is 43.8 Å². The van der Waals surface area contributed by atoms with Crippen LogP contribution in [-0.2, 0) is 4.74 Å². The Morgan fingerprint density at radius 1 is 1.06 bits per heavy atom. The first-order valence-electron chi connectivity index (χ1n) is 11.0. The van der Waals surface area contributed by atoms with E-state index < -0.39 is 11.8 Å². The van der Waals surface area contributed by atoms with E-state index >= 15 is 0 Å². The molecule has 4 rings (SSSR count). The van der Waals surface area contributed by atoms with Crippen molar-refractivity contribution in [2.45, 2.75) is 6.92 Å². The Labute approximate surface area is 202 Å². The van der Waals surface area contributed by atoms with Gasteiger partial charge in [-0.25, -0.2) is 19.7 Å². The van der Waals surface area contributed by atoms with Gasteiger partial charge in [0.25, 0.3) is 0 Å². The lowest BCUT2D eigenvalue weighted by Crippen LogP contribution is -2.44. The van der Waals surface area contributed by atoms with E-state index in [4.69, 9.17) is 16.3 Å². The summed E-state index contributed by atoms with van der Waals surface area (Å²) in [4.78, 5) is 42.8. The summed E-state index contributed by atoms with van der Waals surface area (Å²) in [5.74, 6) is -1.07. The lowest BCUT2D eigenvalue weighted by Gasteiger charge is -2.34. The summed E-state index contributed by atoms with van der Waals surface area (Å²) in [6, 6.07) is 12.6. The molecule has 0 saturated carbocycles. The predicted octanol–water partition coefficient (Wildman–Crippen LogP) is 3.43. The zero-order chi connectivity index (χ0) is 24.1. The molecule has 1 fully saturated rings. The normalized spacial score (nSPS) is 14.0. The number of rotatable bonds is 7. The Hall–Kier alpha value is -3.56. The first-order valence-corrected chi connectivity index (χ1v) is 11.3. The average Bonchev–Trinajstić information content (AvgIpc) is 2.85. The molecular formula is C24H25ClN6O3. The number of anilines is 3. The van der Waals surface area contributed by atoms with Crippen LogP contribution in [-0.4, -0.2) is 71.4 Å². The van der Waals surface area contributed by atoms with Gasteiger partial charge in [-0.2, -0.15) is 0 Å². The second kappa shape index (κ2) is 10.6. The highest BCUT2D eigenvalue weighted by Gasteiger charge is 2.24. The van der Waals surface area contributed by atoms with E-state index in [9.17, 15) is 9.59 Å². The summed E-state index contributed by atoms with van der Waals surface area (Å²) < 4.78 is 5.07. The molecule has 0 atom stereocenters. The number of ether oxygens (including phenoxy) is 1. The van der Waals surface area contributed by atoms with E-state index in [1.165, 1.54) is 12.3 Å². The maximum atomic E-state index is 13.1. The molecule has 3 aromatic rings. The minimum Gasteiger partial charge on any atom is -0.462 e. The van der Waals surface area contributed by atoms with Crippen LogP contribution in [0.1, 0.15) is 33.5 Å². The van der Waals surface area contributed by atoms with Gasteiger partial charge in [0.1, 0.15) is 22.1 Å². The van der Waals surface area contributed by atoms with Crippen molar-refractivity contribution in [1.82, 2.24) is 19.9 Å². The summed E-state index contributed by atoms with van der Waals surface area (Å²) in [6.07, 6.45) is 1.28. The van der Waals surface area contributed by atoms with Crippen molar-refractivity contribution in [3.05, 3.63) is 70.8 Å². The SMILES string of the molecule is CCOC(=O)c1cnc(Nc2ccc(N3CCN(C)CC3)cc2)nc1C(=O)c1cccc(Cl)n1. The number of hydrogen-bond donors (Lipinski definition) is 1. The van der Waals surface area contributed by atoms with Crippen LogP contribution in [0.3, 0.4) is 0 Å². The highest BCUT2D eigenvalue weighted by atomic mass is 35.5. The van der Waals surface area contributed by atoms with E-state index in [-0.39, 0.29) is 34.7 Å². The number of carbonyl (C=O) groups excluding carboxylic acids is 2. The topological polar surface area (TPSA) is 101 Å². The fraction of sp³-hybridized carbons (Fsp3) is 0.292. The third kappa shape index (κ3) is 5.49. The number of carbonyl (C=O) groups is 2. The number of halogens is 1. The smallest absolute Gasteiger partial charge is 0.342 e. The molecule has 176 valence electrons. The molecular weight excluding hydrogens is 456 g/mol. The Morgan fingerprint density at radius 3 is 2.47 bits per heavy atom. The van der Waals surface area contributed by atoms with Gasteiger partial charge in [-0.05, 0) is 50.4 Å². The van der Waals surface area contributed by atoms with Crippen molar-refractivity contribution in [3.8, 4) is 0 Å². The molecule has 0 unspecified atom stereocenters. The van der Waals surface area contributed by atoms with Gasteiger partial charge in [-0.3, -0.25) is 4.79 Å². The van der Waals surface area contributed by atoms with Crippen LogP contribution in [0.25, 0.3) is 0 Å². The number of nitrogens with zero attached hydrogens (tertiary/aromatic N) is 5. The van der Waals surface area contributed by atoms with Crippen LogP contribution in [0.4, 0.5) is 17.3 Å². The summed E-state index contributed by atoms with van der Waals surface area (Å²) in [7, 11) is 2.12. The third-order valence-electron chi connectivity index (χ3n) is 5.44. The van der Waals surface area contributed by atoms with Crippen molar-refractivity contribution in [2.75, 3.05) is 50.1 Å². The molecule has 3 heterocycles. The number of ketones is 1. The number of pyridine rings is 1. The van der Waals surface area contributed by atoms with E-state index in [0.29, 0.717) is 0 Å². The predicted molar refractivity (Wildman–Crippen MR) is 130 cm³/mol. The highest BCUT2D eigenvalue weighted by Crippen LogP contribution is 2.22. The number of esters is 1. The number of aromatic nitrogens is 3. The largest absolute Gasteiger partial charge is 0.462 e. The Bertz CT molecular complexity index is 1180. The molecule has 1 aliphatic heterocycles. The van der Waals surface area contributed by atoms with Gasteiger partial charge in [0.05, 0.1) is 6.61 Å². The van der Waals surface area contributed by atoms with Crippen LogP contribution < -0.4 is 10.2 Å². The number of piperazine rings is 1. The lowest BCUT2D eigenvalue weighted by atomic mass is 10.1. The van der Waals surface area contributed by atoms with E-state index in [2.05, 4.69) is 37.1 Å². The molecule has 1 saturated heterocycles. The summed E-state index contributed by atoms with van der Waals surface area (Å²) in [5, 5.41) is 3.26. The molecule has 9 nitrogen and oxygen atoms in total. The second-order valence-corrected chi connectivity index (χ2v) is 8.20. The van der Waals surface area contributed by atoms with Gasteiger partial charge in [-0.15, -0.1) is 0 Å². The van der Waals surface area contributed by atoms with Crippen molar-refractivity contribution in [1.29, 1.82) is 0 Å². The number of likely N-dealkylation sites (N-methyl/N-ethyl adjacent to an activating group) is 1. The quantitative estimate of drug-likeness (QED) is 0.309. The zero-order valence-electron chi connectivity index (χ0n) is 19.0. The third-order valence-corrected chi connectivity index (χ3v) is 5.65. The van der Waals surface area contributed by atoms with Crippen molar-refractivity contribution in [3.63, 3.8) is 0 Å². The summed E-state index contributed by atoms with van der Waals surface area (Å²) in [6.45, 7) is 5.84. The molecule has 0 aliphatic carbocycles. The monoisotopic (exact) mass is 480 g/mol. The van der Waals surface area contributed by atoms with Crippen molar-refractivity contribution in [2.24, 2.45) is 0 Å². The maximum absolute atomic E-state index is 13.1. The van der Waals surface area contributed by atoms with E-state index in [0.717, 1.165) is 37.6 Å². The molecule has 1 aliphatic rings. The first kappa shape index (κ1) is 23.6. The van der Waals surface area contributed by atoms with Crippen LogP contribution in [0.5, 0.6) is 0 Å². The molecule has 2 aromatic heterocycles. The Morgan fingerprint density at radius 2 is 1.79 bits per heavy atom. The van der Waals surface area contributed by atoms with Crippen LogP contribution in [0.15, 0.2) is 48.7 Å². The second-order valence-electron chi connectivity index (χ2n) is 7.81. The summed E-state index contributed by atoms with van der Waals surface area (Å²) in [5.41, 5.74) is 1.81. The minimum atomic E-state index is -0.684. The molecule has 10 heteroatoms. The van der Waals surface area contributed by atoms with Gasteiger partial charge in [0.15, 0.2) is 0 Å². The van der Waals surface area contributed by atoms with Crippen molar-refractivity contribution < 1.29 is 14.3 Å². The molecule has 0 radical (unpaired) electrons. The molecule has 0 amide bonds. The maximum Gasteiger partial charge on any atom is 0.342 e. The zero-order valence-corrected chi connectivity index (χ0v) is 19.7. The highest BCUT2D eigenvalue weighted by molar-refractivity contribution is 6.29. The summed E-state index contributed by atoms with van der Waals surface area (Å²) >= 11 is 5.94. The fourth-order valence-corrected chi connectivity index (χ4v) is 3.74. The van der Waals surface area contributed by atoms with Gasteiger partial charge >= 0.3 is 5.97 Å². The van der Waals surface area contributed by atoms with E-state index in [1.54, 1.807) is 19.1 Å². The van der Waals surface area contributed by atoms with Gasteiger partial charge in [-0.1, -0.05) is 17.7 Å². The standard InChI is InChI=1S/C24H25ClN6O3/c1-3-34-23(33)18-15-26-24(29-21(18)22(32)19-5-4-6-20(25)28-19)27-16-7-9-17(10-8-16)31-13-11-30(2)12-14-31/h4-10,15H,3,11-14H2,1-2H3,(H,26,27,29). The van der Waals surface area contributed by atoms with Crippen LogP contribution in [0.2, 0.25) is 5.15 Å². The van der Waals surface area contributed by atoms with Gasteiger partial charge < -0.3 is 19.9 Å². The van der Waals surface area contributed by atoms with E-state index in [1.807, 2.05) is 24.3 Å². The van der Waals surface area contributed by atoms with Crippen LogP contribution >= 0.6 is 11.6 Å². The molecule has 34 heavy (non-hydrogen) atoms. The number of benzene rings is 1. The Kier molecular flexibility index (Phi) is 7.34.